The number of nitrogens with two attached hydrogens (primary N) is 1. The van der Waals surface area contributed by atoms with E-state index in [4.69, 9.17) is 4.74 Å². The number of esters is 1. The molecular formula is C16H15KNO2S-. The zero-order chi connectivity index (χ0) is 14.5. The molecule has 0 amide bonds. The van der Waals surface area contributed by atoms with Crippen molar-refractivity contribution in [2.75, 3.05) is 6.61 Å². The number of carbonyl (C=O) groups is 1. The van der Waals surface area contributed by atoms with Gasteiger partial charge in [0.25, 0.3) is 0 Å². The first-order chi connectivity index (χ1) is 9.77. The van der Waals surface area contributed by atoms with E-state index in [1.807, 2.05) is 24.3 Å². The Bertz CT molecular complexity index is 573. The van der Waals surface area contributed by atoms with Crippen molar-refractivity contribution in [3.05, 3.63) is 66.6 Å². The summed E-state index contributed by atoms with van der Waals surface area (Å²) >= 11 is 3.58. The fourth-order valence-electron chi connectivity index (χ4n) is 2.62. The van der Waals surface area contributed by atoms with Gasteiger partial charge in [-0.15, -0.1) is 0 Å². The molecule has 2 N–H and O–H groups in total. The van der Waals surface area contributed by atoms with Crippen LogP contribution in [0.3, 0.4) is 0 Å². The van der Waals surface area contributed by atoms with Gasteiger partial charge in [-0.3, -0.25) is 11.7 Å². The molecule has 2 aromatic rings. The first-order valence-electron chi connectivity index (χ1n) is 6.18. The average Bonchev–Trinajstić information content (AvgIpc) is 2.81. The van der Waals surface area contributed by atoms with Crippen molar-refractivity contribution in [1.29, 1.82) is 0 Å². The smallest absolute Gasteiger partial charge is 0.709 e. The Morgan fingerprint density at radius 1 is 1.05 bits per heavy atom. The van der Waals surface area contributed by atoms with Crippen LogP contribution in [0.15, 0.2) is 48.5 Å². The van der Waals surface area contributed by atoms with Crippen LogP contribution in [0.25, 0.3) is 11.1 Å². The van der Waals surface area contributed by atoms with Gasteiger partial charge in [-0.1, -0.05) is 48.5 Å². The number of hydrogen-bond acceptors (Lipinski definition) is 4. The molecule has 21 heavy (non-hydrogen) atoms. The summed E-state index contributed by atoms with van der Waals surface area (Å²) in [5, 5.41) is 4.08. The monoisotopic (exact) mass is 324 g/mol. The minimum Gasteiger partial charge on any atom is -0.709 e. The van der Waals surface area contributed by atoms with E-state index in [0.717, 1.165) is 0 Å². The number of benzene rings is 2. The number of carbonyl (C=O) groups excluding carboxylic acids is 1. The van der Waals surface area contributed by atoms with Gasteiger partial charge in [0.15, 0.2) is 5.97 Å². The van der Waals surface area contributed by atoms with Crippen LogP contribution in [-0.4, -0.2) is 12.6 Å². The van der Waals surface area contributed by atoms with Gasteiger partial charge in [0, 0.05) is 5.92 Å². The maximum Gasteiger partial charge on any atom is 1.00 e. The van der Waals surface area contributed by atoms with Gasteiger partial charge in [-0.25, -0.2) is 0 Å². The third kappa shape index (κ3) is 4.13. The third-order valence-electron chi connectivity index (χ3n) is 3.37. The summed E-state index contributed by atoms with van der Waals surface area (Å²) in [6.45, 7) is 3.61. The molecule has 0 saturated heterocycles. The molecule has 0 spiro atoms. The van der Waals surface area contributed by atoms with Gasteiger partial charge >= 0.3 is 51.4 Å². The van der Waals surface area contributed by atoms with E-state index in [9.17, 15) is 4.79 Å². The Hall–Kier alpha value is -0.274. The fourth-order valence-corrected chi connectivity index (χ4v) is 2.62. The molecule has 5 heteroatoms. The predicted molar refractivity (Wildman–Crippen MR) is 81.6 cm³/mol. The van der Waals surface area contributed by atoms with E-state index in [0.29, 0.717) is 6.61 Å². The molecule has 3 nitrogen and oxygen atoms in total. The van der Waals surface area contributed by atoms with Crippen molar-refractivity contribution in [2.24, 2.45) is 5.14 Å². The fraction of sp³-hybridized carbons (Fsp3) is 0.125. The molecule has 1 aliphatic rings. The molecule has 104 valence electrons. The Morgan fingerprint density at radius 2 is 1.48 bits per heavy atom. The summed E-state index contributed by atoms with van der Waals surface area (Å²) in [5.74, 6) is -0.347. The van der Waals surface area contributed by atoms with E-state index < -0.39 is 5.97 Å². The molecule has 0 unspecified atom stereocenters. The van der Waals surface area contributed by atoms with Crippen molar-refractivity contribution >= 4 is 18.8 Å². The molecule has 0 atom stereocenters. The quantitative estimate of drug-likeness (QED) is 0.353. The maximum absolute atomic E-state index is 10.9. The SMILES string of the molecule is N[S-].[CH2-]C(=O)OCC1c2ccccc2-c2ccccc21.[K+]. The van der Waals surface area contributed by atoms with Crippen LogP contribution in [-0.2, 0) is 22.3 Å². The topological polar surface area (TPSA) is 52.3 Å². The Kier molecular flexibility index (Phi) is 8.04. The normalized spacial score (nSPS) is 11.3. The number of ether oxygens (including phenoxy) is 1. The molecular weight excluding hydrogens is 309 g/mol. The predicted octanol–water partition coefficient (Wildman–Crippen LogP) is -0.413. The maximum atomic E-state index is 10.9. The second kappa shape index (κ2) is 9.00. The van der Waals surface area contributed by atoms with Gasteiger partial charge in [0.2, 0.25) is 0 Å². The molecule has 0 saturated carbocycles. The van der Waals surface area contributed by atoms with Crippen LogP contribution in [0.4, 0.5) is 0 Å². The summed E-state index contributed by atoms with van der Waals surface area (Å²) in [6.07, 6.45) is 0. The summed E-state index contributed by atoms with van der Waals surface area (Å²) in [7, 11) is 0. The zero-order valence-corrected chi connectivity index (χ0v) is 15.9. The van der Waals surface area contributed by atoms with Crippen LogP contribution >= 0.6 is 0 Å². The molecule has 0 aliphatic heterocycles. The molecule has 0 fully saturated rings. The van der Waals surface area contributed by atoms with Gasteiger partial charge in [-0.2, -0.15) is 0 Å². The van der Waals surface area contributed by atoms with Gasteiger partial charge in [-0.05, 0) is 22.3 Å². The van der Waals surface area contributed by atoms with E-state index in [1.54, 1.807) is 0 Å². The molecule has 0 bridgehead atoms. The van der Waals surface area contributed by atoms with E-state index in [-0.39, 0.29) is 57.3 Å². The standard InChI is InChI=1S/C16H13O2.K.H2NS/c1-11(17)18-10-16-14-8-4-2-6-12(14)13-7-3-5-9-15(13)16;;1-2/h2-9,16H,1,10H2;;1H2/q-1;+1;-1. The second-order valence-corrected chi connectivity index (χ2v) is 4.41. The molecule has 0 aromatic heterocycles. The zero-order valence-electron chi connectivity index (χ0n) is 11.9. The van der Waals surface area contributed by atoms with Crippen LogP contribution in [0.5, 0.6) is 0 Å². The number of rotatable bonds is 2. The van der Waals surface area contributed by atoms with Crippen molar-refractivity contribution in [3.63, 3.8) is 0 Å². The first kappa shape index (κ1) is 18.8. The Labute approximate surface area is 173 Å². The Balaban J connectivity index is 0.000000706. The summed E-state index contributed by atoms with van der Waals surface area (Å²) < 4.78 is 5.09. The third-order valence-corrected chi connectivity index (χ3v) is 3.37. The minimum absolute atomic E-state index is 0. The van der Waals surface area contributed by atoms with Crippen molar-refractivity contribution in [1.82, 2.24) is 0 Å². The summed E-state index contributed by atoms with van der Waals surface area (Å²) in [6, 6.07) is 16.5. The van der Waals surface area contributed by atoms with Crippen molar-refractivity contribution in [2.45, 2.75) is 5.92 Å². The number of hydrogen-bond donors (Lipinski definition) is 1. The Morgan fingerprint density at radius 3 is 1.90 bits per heavy atom. The van der Waals surface area contributed by atoms with Crippen LogP contribution in [0.1, 0.15) is 17.0 Å². The first-order valence-corrected chi connectivity index (χ1v) is 6.65. The second-order valence-electron chi connectivity index (χ2n) is 4.41. The van der Waals surface area contributed by atoms with E-state index >= 15 is 0 Å². The summed E-state index contributed by atoms with van der Waals surface area (Å²) in [4.78, 5) is 10.9. The van der Waals surface area contributed by atoms with Crippen molar-refractivity contribution < 1.29 is 60.9 Å². The molecule has 2 aromatic carbocycles. The number of fused-ring (bicyclic) bond motifs is 3. The van der Waals surface area contributed by atoms with Crippen molar-refractivity contribution in [3.8, 4) is 11.1 Å². The molecule has 3 rings (SSSR count). The largest absolute Gasteiger partial charge is 1.00 e. The van der Waals surface area contributed by atoms with Gasteiger partial charge < -0.3 is 22.7 Å². The average molecular weight is 324 g/mol. The van der Waals surface area contributed by atoms with Crippen LogP contribution in [0.2, 0.25) is 0 Å². The van der Waals surface area contributed by atoms with Crippen LogP contribution < -0.4 is 56.5 Å². The van der Waals surface area contributed by atoms with E-state index in [1.165, 1.54) is 22.3 Å². The molecule has 0 radical (unpaired) electrons. The summed E-state index contributed by atoms with van der Waals surface area (Å²) in [5.41, 5.74) is 4.91. The van der Waals surface area contributed by atoms with E-state index in [2.05, 4.69) is 49.1 Å². The van der Waals surface area contributed by atoms with Gasteiger partial charge in [0.05, 0.1) is 6.61 Å². The van der Waals surface area contributed by atoms with Gasteiger partial charge in [0.1, 0.15) is 0 Å². The van der Waals surface area contributed by atoms with Crippen LogP contribution in [0, 0.1) is 6.92 Å². The molecule has 1 aliphatic carbocycles. The molecule has 0 heterocycles. The minimum atomic E-state index is -0.475.